The van der Waals surface area contributed by atoms with Gasteiger partial charge in [0.25, 0.3) is 5.91 Å². The quantitative estimate of drug-likeness (QED) is 0.853. The molecule has 0 radical (unpaired) electrons. The fraction of sp³-hybridized carbons (Fsp3) is 0.389. The van der Waals surface area contributed by atoms with Crippen molar-refractivity contribution >= 4 is 11.9 Å². The van der Waals surface area contributed by atoms with E-state index >= 15 is 0 Å². The lowest BCUT2D eigenvalue weighted by atomic mass is 9.96. The number of aromatic nitrogens is 2. The smallest absolute Gasteiger partial charge is 0.357 e. The molecule has 2 atom stereocenters. The maximum absolute atomic E-state index is 12.4. The zero-order valence-electron chi connectivity index (χ0n) is 14.4. The summed E-state index contributed by atoms with van der Waals surface area (Å²) in [4.78, 5) is 23.5. The summed E-state index contributed by atoms with van der Waals surface area (Å²) in [6, 6.07) is 7.89. The van der Waals surface area contributed by atoms with E-state index in [1.165, 1.54) is 16.4 Å². The minimum Gasteiger partial charge on any atom is -0.476 e. The molecular formula is C18H23N3O3. The maximum Gasteiger partial charge on any atom is 0.357 e. The van der Waals surface area contributed by atoms with E-state index in [-0.39, 0.29) is 17.3 Å². The Morgan fingerprint density at radius 2 is 1.79 bits per heavy atom. The molecule has 1 aromatic heterocycles. The van der Waals surface area contributed by atoms with E-state index in [9.17, 15) is 9.59 Å². The monoisotopic (exact) mass is 329 g/mol. The van der Waals surface area contributed by atoms with E-state index in [1.54, 1.807) is 7.05 Å². The van der Waals surface area contributed by atoms with E-state index in [4.69, 9.17) is 5.11 Å². The maximum atomic E-state index is 12.4. The highest BCUT2D eigenvalue weighted by Gasteiger charge is 2.22. The Hall–Kier alpha value is -2.63. The largest absolute Gasteiger partial charge is 0.476 e. The number of benzene rings is 1. The molecule has 2 aromatic rings. The fourth-order valence-electron chi connectivity index (χ4n) is 2.52. The molecule has 1 aromatic carbocycles. The lowest BCUT2D eigenvalue weighted by Gasteiger charge is -2.16. The summed E-state index contributed by atoms with van der Waals surface area (Å²) >= 11 is 0. The number of nitrogens with one attached hydrogen (secondary N) is 1. The van der Waals surface area contributed by atoms with Crippen molar-refractivity contribution in [1.82, 2.24) is 15.1 Å². The van der Waals surface area contributed by atoms with Gasteiger partial charge in [-0.2, -0.15) is 5.10 Å². The number of hydrogen-bond acceptors (Lipinski definition) is 3. The van der Waals surface area contributed by atoms with E-state index < -0.39 is 11.9 Å². The van der Waals surface area contributed by atoms with Gasteiger partial charge in [-0.1, -0.05) is 38.1 Å². The van der Waals surface area contributed by atoms with Gasteiger partial charge in [0.1, 0.15) is 0 Å². The highest BCUT2D eigenvalue weighted by atomic mass is 16.4. The van der Waals surface area contributed by atoms with Gasteiger partial charge in [0.05, 0.1) is 11.6 Å². The van der Waals surface area contributed by atoms with Crippen LogP contribution in [0.25, 0.3) is 0 Å². The van der Waals surface area contributed by atoms with Gasteiger partial charge in [-0.15, -0.1) is 0 Å². The summed E-state index contributed by atoms with van der Waals surface area (Å²) in [5.74, 6) is -1.16. The predicted octanol–water partition coefficient (Wildman–Crippen LogP) is 3.12. The van der Waals surface area contributed by atoms with Crippen molar-refractivity contribution in [3.63, 3.8) is 0 Å². The van der Waals surface area contributed by atoms with Gasteiger partial charge >= 0.3 is 5.97 Å². The van der Waals surface area contributed by atoms with Crippen LogP contribution in [0.2, 0.25) is 0 Å². The molecule has 0 bridgehead atoms. The number of carbonyl (C=O) groups is 2. The molecule has 2 rings (SSSR count). The van der Waals surface area contributed by atoms with Crippen LogP contribution in [0, 0.1) is 0 Å². The molecule has 1 heterocycles. The van der Waals surface area contributed by atoms with E-state index in [2.05, 4.69) is 36.4 Å². The average molecular weight is 329 g/mol. The topological polar surface area (TPSA) is 84.2 Å². The third-order valence-electron chi connectivity index (χ3n) is 4.24. The zero-order chi connectivity index (χ0) is 17.9. The van der Waals surface area contributed by atoms with Crippen molar-refractivity contribution in [3.8, 4) is 0 Å². The van der Waals surface area contributed by atoms with Gasteiger partial charge in [-0.05, 0) is 30.4 Å². The van der Waals surface area contributed by atoms with Crippen LogP contribution in [0.1, 0.15) is 71.1 Å². The van der Waals surface area contributed by atoms with Gasteiger partial charge in [0, 0.05) is 13.2 Å². The van der Waals surface area contributed by atoms with Crippen LogP contribution >= 0.6 is 0 Å². The number of nitrogens with zero attached hydrogens (tertiary/aromatic N) is 2. The molecular weight excluding hydrogens is 306 g/mol. The minimum absolute atomic E-state index is 0.0630. The van der Waals surface area contributed by atoms with Crippen molar-refractivity contribution in [1.29, 1.82) is 0 Å². The van der Waals surface area contributed by atoms with Crippen LogP contribution < -0.4 is 5.32 Å². The van der Waals surface area contributed by atoms with Crippen molar-refractivity contribution in [2.45, 2.75) is 39.2 Å². The normalized spacial score (nSPS) is 13.3. The van der Waals surface area contributed by atoms with Crippen molar-refractivity contribution in [3.05, 3.63) is 52.8 Å². The molecule has 24 heavy (non-hydrogen) atoms. The molecule has 0 aliphatic carbocycles. The second-order valence-electron chi connectivity index (χ2n) is 6.04. The number of hydrogen-bond donors (Lipinski definition) is 2. The number of carboxylic acids is 1. The van der Waals surface area contributed by atoms with E-state index in [1.807, 2.05) is 19.1 Å². The predicted molar refractivity (Wildman–Crippen MR) is 91.2 cm³/mol. The van der Waals surface area contributed by atoms with Gasteiger partial charge < -0.3 is 10.4 Å². The summed E-state index contributed by atoms with van der Waals surface area (Å²) in [6.07, 6.45) is 2.49. The molecule has 2 N–H and O–H groups in total. The third-order valence-corrected chi connectivity index (χ3v) is 4.24. The van der Waals surface area contributed by atoms with E-state index in [0.29, 0.717) is 5.92 Å². The summed E-state index contributed by atoms with van der Waals surface area (Å²) in [6.45, 7) is 6.19. The van der Waals surface area contributed by atoms with Crippen LogP contribution in [-0.4, -0.2) is 26.8 Å². The summed E-state index contributed by atoms with van der Waals surface area (Å²) in [7, 11) is 1.58. The number of rotatable bonds is 6. The van der Waals surface area contributed by atoms with Gasteiger partial charge in [-0.3, -0.25) is 9.48 Å². The summed E-state index contributed by atoms with van der Waals surface area (Å²) < 4.78 is 1.32. The lowest BCUT2D eigenvalue weighted by Crippen LogP contribution is -2.27. The highest BCUT2D eigenvalue weighted by molar-refractivity contribution is 6.03. The van der Waals surface area contributed by atoms with Crippen LogP contribution in [0.5, 0.6) is 0 Å². The molecule has 6 nitrogen and oxygen atoms in total. The highest BCUT2D eigenvalue weighted by Crippen LogP contribution is 2.21. The molecule has 128 valence electrons. The third kappa shape index (κ3) is 3.82. The first kappa shape index (κ1) is 17.7. The Morgan fingerprint density at radius 1 is 1.21 bits per heavy atom. The molecule has 0 aliphatic heterocycles. The number of aryl methyl sites for hydroxylation is 1. The SMILES string of the molecule is CCC(C)c1ccc(C(C)NC(=O)c2cn(C)nc2C(=O)O)cc1. The lowest BCUT2D eigenvalue weighted by molar-refractivity contribution is 0.0683. The Balaban J connectivity index is 2.13. The molecule has 0 saturated carbocycles. The minimum atomic E-state index is -1.22. The summed E-state index contributed by atoms with van der Waals surface area (Å²) in [5.41, 5.74) is 2.05. The van der Waals surface area contributed by atoms with Gasteiger partial charge in [0.2, 0.25) is 0 Å². The van der Waals surface area contributed by atoms with Gasteiger partial charge in [0.15, 0.2) is 5.69 Å². The molecule has 0 saturated heterocycles. The van der Waals surface area contributed by atoms with Crippen LogP contribution in [0.15, 0.2) is 30.5 Å². The molecule has 6 heteroatoms. The molecule has 0 spiro atoms. The zero-order valence-corrected chi connectivity index (χ0v) is 14.4. The Kier molecular flexibility index (Phi) is 5.39. The van der Waals surface area contributed by atoms with Crippen molar-refractivity contribution in [2.75, 3.05) is 0 Å². The summed E-state index contributed by atoms with van der Waals surface area (Å²) in [5, 5.41) is 15.8. The number of carbonyl (C=O) groups excluding carboxylic acids is 1. The second-order valence-corrected chi connectivity index (χ2v) is 6.04. The molecule has 0 fully saturated rings. The number of aromatic carboxylic acids is 1. The fourth-order valence-corrected chi connectivity index (χ4v) is 2.52. The standard InChI is InChI=1S/C18H23N3O3/c1-5-11(2)13-6-8-14(9-7-13)12(3)19-17(22)15-10-21(4)20-16(15)18(23)24/h6-12H,5H2,1-4H3,(H,19,22)(H,23,24). The van der Waals surface area contributed by atoms with Crippen LogP contribution in [0.3, 0.4) is 0 Å². The molecule has 2 unspecified atom stereocenters. The first-order chi connectivity index (χ1) is 11.3. The molecule has 1 amide bonds. The van der Waals surface area contributed by atoms with Crippen molar-refractivity contribution < 1.29 is 14.7 Å². The Bertz CT molecular complexity index is 734. The van der Waals surface area contributed by atoms with Gasteiger partial charge in [-0.25, -0.2) is 4.79 Å². The number of amides is 1. The first-order valence-electron chi connectivity index (χ1n) is 8.01. The van der Waals surface area contributed by atoms with Crippen LogP contribution in [-0.2, 0) is 7.05 Å². The van der Waals surface area contributed by atoms with Crippen molar-refractivity contribution in [2.24, 2.45) is 7.05 Å². The Labute approximate surface area is 141 Å². The average Bonchev–Trinajstić information content (AvgIpc) is 2.96. The van der Waals surface area contributed by atoms with Crippen LogP contribution in [0.4, 0.5) is 0 Å². The Morgan fingerprint density at radius 3 is 2.33 bits per heavy atom. The van der Waals surface area contributed by atoms with E-state index in [0.717, 1.165) is 12.0 Å². The molecule has 0 aliphatic rings. The number of carboxylic acid groups (broad SMARTS) is 1. The first-order valence-corrected chi connectivity index (χ1v) is 8.01. The second kappa shape index (κ2) is 7.29.